The summed E-state index contributed by atoms with van der Waals surface area (Å²) in [6.45, 7) is 3.89. The molecule has 0 spiro atoms. The molecule has 4 rings (SSSR count). The maximum absolute atomic E-state index is 13.6. The van der Waals surface area contributed by atoms with E-state index in [1.54, 1.807) is 35.4 Å². The zero-order valence-corrected chi connectivity index (χ0v) is 20.0. The Balaban J connectivity index is 1.80. The minimum atomic E-state index is -0.645. The molecule has 1 amide bonds. The van der Waals surface area contributed by atoms with E-state index in [-0.39, 0.29) is 23.9 Å². The highest BCUT2D eigenvalue weighted by atomic mass is 16.5. The average molecular weight is 470 g/mol. The minimum absolute atomic E-state index is 0.0396. The lowest BCUT2D eigenvalue weighted by atomic mass is 9.91. The van der Waals surface area contributed by atoms with Crippen LogP contribution in [0, 0.1) is 18.3 Å². The van der Waals surface area contributed by atoms with Crippen LogP contribution in [-0.2, 0) is 14.3 Å². The normalized spacial score (nSPS) is 18.2. The van der Waals surface area contributed by atoms with E-state index in [1.165, 1.54) is 17.7 Å². The molecule has 1 aliphatic rings. The Kier molecular flexibility index (Phi) is 6.83. The van der Waals surface area contributed by atoms with Gasteiger partial charge in [0.2, 0.25) is 5.91 Å². The molecule has 1 saturated heterocycles. The number of esters is 1. The van der Waals surface area contributed by atoms with Crippen LogP contribution in [0.25, 0.3) is 11.1 Å². The largest absolute Gasteiger partial charge is 0.469 e. The number of rotatable bonds is 6. The number of hydrogen-bond acceptors (Lipinski definition) is 5. The van der Waals surface area contributed by atoms with Crippen molar-refractivity contribution in [1.82, 2.24) is 9.47 Å². The summed E-state index contributed by atoms with van der Waals surface area (Å²) < 4.78 is 6.41. The maximum atomic E-state index is 13.6. The molecule has 3 atom stereocenters. The molecule has 1 aliphatic heterocycles. The lowest BCUT2D eigenvalue weighted by Gasteiger charge is -2.32. The van der Waals surface area contributed by atoms with Crippen molar-refractivity contribution >= 4 is 11.9 Å². The van der Waals surface area contributed by atoms with Crippen LogP contribution >= 0.6 is 0 Å². The fourth-order valence-electron chi connectivity index (χ4n) is 4.90. The first-order chi connectivity index (χ1) is 16.8. The van der Waals surface area contributed by atoms with Gasteiger partial charge in [-0.05, 0) is 55.2 Å². The Labute approximate surface area is 204 Å². The molecule has 7 nitrogen and oxygen atoms in total. The fraction of sp³-hybridized carbons (Fsp3) is 0.286. The van der Waals surface area contributed by atoms with E-state index in [0.29, 0.717) is 12.0 Å². The minimum Gasteiger partial charge on any atom is -0.469 e. The Morgan fingerprint density at radius 3 is 2.54 bits per heavy atom. The van der Waals surface area contributed by atoms with Crippen LogP contribution < -0.4 is 5.56 Å². The van der Waals surface area contributed by atoms with Gasteiger partial charge in [-0.2, -0.15) is 5.26 Å². The van der Waals surface area contributed by atoms with Crippen molar-refractivity contribution in [3.8, 4) is 17.2 Å². The molecule has 0 bridgehead atoms. The number of ether oxygens (including phenoxy) is 1. The second kappa shape index (κ2) is 9.98. The molecule has 3 aromatic rings. The van der Waals surface area contributed by atoms with Crippen molar-refractivity contribution in [1.29, 1.82) is 5.26 Å². The Hall–Kier alpha value is -4.18. The quantitative estimate of drug-likeness (QED) is 0.506. The lowest BCUT2D eigenvalue weighted by Crippen LogP contribution is -2.38. The zero-order valence-electron chi connectivity index (χ0n) is 20.0. The van der Waals surface area contributed by atoms with Crippen molar-refractivity contribution in [2.45, 2.75) is 44.8 Å². The van der Waals surface area contributed by atoms with E-state index < -0.39 is 18.1 Å². The van der Waals surface area contributed by atoms with Gasteiger partial charge in [-0.15, -0.1) is 0 Å². The molecule has 0 N–H and O–H groups in total. The summed E-state index contributed by atoms with van der Waals surface area (Å²) in [5, 5.41) is 9.75. The summed E-state index contributed by atoms with van der Waals surface area (Å²) >= 11 is 0. The molecule has 7 heteroatoms. The van der Waals surface area contributed by atoms with Crippen molar-refractivity contribution in [3.63, 3.8) is 0 Å². The van der Waals surface area contributed by atoms with Crippen LogP contribution in [-0.4, -0.2) is 34.5 Å². The second-order valence-corrected chi connectivity index (χ2v) is 8.82. The smallest absolute Gasteiger partial charge is 0.307 e. The first kappa shape index (κ1) is 24.0. The monoisotopic (exact) mass is 469 g/mol. The number of carbonyl (C=O) groups excluding carboxylic acids is 2. The highest BCUT2D eigenvalue weighted by Crippen LogP contribution is 2.39. The Morgan fingerprint density at radius 1 is 1.11 bits per heavy atom. The number of pyridine rings is 1. The highest BCUT2D eigenvalue weighted by Gasteiger charge is 2.43. The third-order valence-electron chi connectivity index (χ3n) is 6.67. The summed E-state index contributed by atoms with van der Waals surface area (Å²) in [7, 11) is 1.32. The molecule has 0 radical (unpaired) electrons. The molecular formula is C28H27N3O4. The van der Waals surface area contributed by atoms with Crippen LogP contribution in [0.1, 0.15) is 48.5 Å². The molecule has 178 valence electrons. The number of nitrogens with zero attached hydrogens (tertiary/aromatic N) is 3. The molecule has 0 saturated carbocycles. The number of likely N-dealkylation sites (tertiary alicyclic amines) is 1. The number of hydrogen-bond donors (Lipinski definition) is 0. The molecule has 3 unspecified atom stereocenters. The summed E-state index contributed by atoms with van der Waals surface area (Å²) in [4.78, 5) is 40.2. The first-order valence-corrected chi connectivity index (χ1v) is 11.5. The van der Waals surface area contributed by atoms with Crippen LogP contribution in [0.5, 0.6) is 0 Å². The standard InChI is InChI=1S/C28H27N3O4/c1-18-8-4-5-9-22(18)23-15-20(11-12-21(23)17-29)24(16-27(33)35-3)31-19(2)14-25(28(31)34)30-13-7-6-10-26(30)32/h4-13,15,19,24-25H,14,16H2,1-3H3. The predicted molar refractivity (Wildman–Crippen MR) is 131 cm³/mol. The molecule has 2 heterocycles. The van der Waals surface area contributed by atoms with E-state index in [1.807, 2.05) is 44.2 Å². The number of methoxy groups -OCH3 is 1. The SMILES string of the molecule is COC(=O)CC(c1ccc(C#N)c(-c2ccccc2C)c1)N1C(=O)C(n2ccccc2=O)CC1C. The summed E-state index contributed by atoms with van der Waals surface area (Å²) in [6.07, 6.45) is 2.03. The second-order valence-electron chi connectivity index (χ2n) is 8.82. The lowest BCUT2D eigenvalue weighted by molar-refractivity contribution is -0.144. The summed E-state index contributed by atoms with van der Waals surface area (Å²) in [6, 6.07) is 18.8. The van der Waals surface area contributed by atoms with Gasteiger partial charge in [-0.25, -0.2) is 0 Å². The van der Waals surface area contributed by atoms with Crippen LogP contribution in [0.15, 0.2) is 71.7 Å². The molecule has 35 heavy (non-hydrogen) atoms. The van der Waals surface area contributed by atoms with Crippen molar-refractivity contribution in [2.24, 2.45) is 0 Å². The number of carbonyl (C=O) groups is 2. The molecule has 0 aliphatic carbocycles. The van der Waals surface area contributed by atoms with E-state index in [9.17, 15) is 19.6 Å². The first-order valence-electron chi connectivity index (χ1n) is 11.5. The molecule has 2 aromatic carbocycles. The maximum Gasteiger partial charge on any atom is 0.307 e. The number of aryl methyl sites for hydroxylation is 1. The van der Waals surface area contributed by atoms with E-state index in [2.05, 4.69) is 6.07 Å². The van der Waals surface area contributed by atoms with Crippen LogP contribution in [0.3, 0.4) is 0 Å². The molecule has 1 aromatic heterocycles. The Morgan fingerprint density at radius 2 is 1.86 bits per heavy atom. The summed E-state index contributed by atoms with van der Waals surface area (Å²) in [5.41, 5.74) is 3.66. The van der Waals surface area contributed by atoms with Gasteiger partial charge in [-0.1, -0.05) is 36.4 Å². The molecular weight excluding hydrogens is 442 g/mol. The van der Waals surface area contributed by atoms with Crippen molar-refractivity contribution < 1.29 is 14.3 Å². The third kappa shape index (κ3) is 4.60. The van der Waals surface area contributed by atoms with Gasteiger partial charge >= 0.3 is 5.97 Å². The van der Waals surface area contributed by atoms with Crippen molar-refractivity contribution in [2.75, 3.05) is 7.11 Å². The van der Waals surface area contributed by atoms with Crippen LogP contribution in [0.4, 0.5) is 0 Å². The van der Waals surface area contributed by atoms with Gasteiger partial charge in [-0.3, -0.25) is 14.4 Å². The van der Waals surface area contributed by atoms with Gasteiger partial charge < -0.3 is 14.2 Å². The number of nitriles is 1. The number of amides is 1. The predicted octanol–water partition coefficient (Wildman–Crippen LogP) is 4.16. The topological polar surface area (TPSA) is 92.4 Å². The van der Waals surface area contributed by atoms with Crippen molar-refractivity contribution in [3.05, 3.63) is 93.9 Å². The van der Waals surface area contributed by atoms with Gasteiger partial charge in [0.1, 0.15) is 6.04 Å². The van der Waals surface area contributed by atoms with Gasteiger partial charge in [0.25, 0.3) is 5.56 Å². The van der Waals surface area contributed by atoms with E-state index in [0.717, 1.165) is 22.3 Å². The third-order valence-corrected chi connectivity index (χ3v) is 6.67. The summed E-state index contributed by atoms with van der Waals surface area (Å²) in [5.74, 6) is -0.668. The van der Waals surface area contributed by atoms with Gasteiger partial charge in [0.15, 0.2) is 0 Å². The highest BCUT2D eigenvalue weighted by molar-refractivity contribution is 5.85. The van der Waals surface area contributed by atoms with Gasteiger partial charge in [0, 0.05) is 23.9 Å². The zero-order chi connectivity index (χ0) is 25.1. The Bertz CT molecular complexity index is 1370. The number of aromatic nitrogens is 1. The fourth-order valence-corrected chi connectivity index (χ4v) is 4.90. The van der Waals surface area contributed by atoms with E-state index in [4.69, 9.17) is 4.74 Å². The van der Waals surface area contributed by atoms with Crippen LogP contribution in [0.2, 0.25) is 0 Å². The average Bonchev–Trinajstić information content (AvgIpc) is 3.16. The molecule has 1 fully saturated rings. The van der Waals surface area contributed by atoms with Gasteiger partial charge in [0.05, 0.1) is 31.2 Å². The number of benzene rings is 2. The van der Waals surface area contributed by atoms with E-state index >= 15 is 0 Å².